The van der Waals surface area contributed by atoms with E-state index in [9.17, 15) is 4.79 Å². The molecule has 0 bridgehead atoms. The maximum atomic E-state index is 12.4. The Hall–Kier alpha value is -2.66. The molecule has 2 aliphatic carbocycles. The first kappa shape index (κ1) is 19.3. The van der Waals surface area contributed by atoms with Crippen LogP contribution in [0.4, 0.5) is 0 Å². The molecule has 30 heavy (non-hydrogen) atoms. The van der Waals surface area contributed by atoms with Gasteiger partial charge in [0.1, 0.15) is 0 Å². The van der Waals surface area contributed by atoms with Crippen LogP contribution < -0.4 is 10.7 Å². The Morgan fingerprint density at radius 3 is 2.63 bits per heavy atom. The van der Waals surface area contributed by atoms with Crippen molar-refractivity contribution < 1.29 is 4.79 Å². The summed E-state index contributed by atoms with van der Waals surface area (Å²) in [6.07, 6.45) is 9.03. The van der Waals surface area contributed by atoms with Crippen LogP contribution in [0.1, 0.15) is 66.1 Å². The molecule has 156 valence electrons. The summed E-state index contributed by atoms with van der Waals surface area (Å²) >= 11 is 0. The topological polar surface area (TPSA) is 69.3 Å². The van der Waals surface area contributed by atoms with E-state index in [1.165, 1.54) is 35.2 Å². The van der Waals surface area contributed by atoms with E-state index in [2.05, 4.69) is 64.2 Å². The summed E-state index contributed by atoms with van der Waals surface area (Å²) in [5.74, 6) is 1.04. The molecule has 0 unspecified atom stereocenters. The number of hydrazone groups is 1. The number of benzene rings is 1. The van der Waals surface area contributed by atoms with Crippen LogP contribution in [0.2, 0.25) is 0 Å². The zero-order valence-electron chi connectivity index (χ0n) is 17.6. The van der Waals surface area contributed by atoms with Crippen molar-refractivity contribution in [1.29, 1.82) is 0 Å². The van der Waals surface area contributed by atoms with Gasteiger partial charge in [-0.05, 0) is 80.7 Å². The number of carbonyl (C=O) groups excluding carboxylic acids is 1. The standard InChI is InChI=1S/C25H30N4O/c1-16-20(8-5-13-26-15-17-6-3-2-4-7-17)23(18-9-10-18)22(27-16)14-21-24(19-11-12-19)28-29-25(21)30/h2-4,6-7,14,18-19,26-27H,5,8-13,15H2,1H3,(H,29,30)/b21-14+. The van der Waals surface area contributed by atoms with E-state index in [4.69, 9.17) is 0 Å². The predicted octanol–water partition coefficient (Wildman–Crippen LogP) is 4.20. The molecule has 0 atom stereocenters. The number of aryl methyl sites for hydroxylation is 1. The van der Waals surface area contributed by atoms with Crippen LogP contribution in [-0.4, -0.2) is 23.1 Å². The van der Waals surface area contributed by atoms with Gasteiger partial charge in [0.05, 0.1) is 11.3 Å². The maximum Gasteiger partial charge on any atom is 0.273 e. The number of nitrogens with one attached hydrogen (secondary N) is 3. The second kappa shape index (κ2) is 8.23. The molecule has 5 heteroatoms. The first-order chi connectivity index (χ1) is 14.7. The van der Waals surface area contributed by atoms with Gasteiger partial charge in [0, 0.05) is 23.9 Å². The van der Waals surface area contributed by atoms with Crippen LogP contribution in [-0.2, 0) is 17.8 Å². The van der Waals surface area contributed by atoms with Crippen molar-refractivity contribution in [3.8, 4) is 0 Å². The maximum absolute atomic E-state index is 12.4. The molecule has 0 saturated heterocycles. The molecule has 1 aliphatic heterocycles. The van der Waals surface area contributed by atoms with E-state index in [0.29, 0.717) is 11.8 Å². The highest BCUT2D eigenvalue weighted by Gasteiger charge is 2.37. The van der Waals surface area contributed by atoms with E-state index in [0.717, 1.165) is 55.8 Å². The van der Waals surface area contributed by atoms with Crippen LogP contribution in [0.3, 0.4) is 0 Å². The van der Waals surface area contributed by atoms with Crippen molar-refractivity contribution in [3.05, 3.63) is 64.0 Å². The molecule has 0 spiro atoms. The number of hydrogen-bond donors (Lipinski definition) is 3. The lowest BCUT2D eigenvalue weighted by molar-refractivity contribution is -0.116. The Labute approximate surface area is 178 Å². The van der Waals surface area contributed by atoms with E-state index >= 15 is 0 Å². The molecular weight excluding hydrogens is 372 g/mol. The van der Waals surface area contributed by atoms with Gasteiger partial charge < -0.3 is 10.3 Å². The molecule has 2 saturated carbocycles. The average molecular weight is 403 g/mol. The van der Waals surface area contributed by atoms with Crippen molar-refractivity contribution >= 4 is 17.7 Å². The van der Waals surface area contributed by atoms with E-state index in [-0.39, 0.29) is 5.91 Å². The van der Waals surface area contributed by atoms with Gasteiger partial charge in [-0.1, -0.05) is 30.3 Å². The molecule has 3 N–H and O–H groups in total. The van der Waals surface area contributed by atoms with Gasteiger partial charge in [0.25, 0.3) is 5.91 Å². The SMILES string of the molecule is Cc1[nH]c(/C=C2/C(=O)NN=C2C2CC2)c(C2CC2)c1CCCNCc1ccccc1. The van der Waals surface area contributed by atoms with Gasteiger partial charge in [-0.15, -0.1) is 0 Å². The molecule has 5 rings (SSSR count). The Kier molecular flexibility index (Phi) is 5.30. The minimum atomic E-state index is -0.0578. The lowest BCUT2D eigenvalue weighted by Crippen LogP contribution is -2.15. The summed E-state index contributed by atoms with van der Waals surface area (Å²) in [5, 5.41) is 7.86. The third-order valence-corrected chi connectivity index (χ3v) is 6.38. The van der Waals surface area contributed by atoms with Crippen LogP contribution in [0.15, 0.2) is 41.0 Å². The number of amides is 1. The Bertz CT molecular complexity index is 994. The van der Waals surface area contributed by atoms with Gasteiger partial charge in [-0.3, -0.25) is 4.79 Å². The minimum absolute atomic E-state index is 0.0578. The summed E-state index contributed by atoms with van der Waals surface area (Å²) in [6, 6.07) is 10.5. The molecule has 1 aromatic heterocycles. The van der Waals surface area contributed by atoms with Gasteiger partial charge in [-0.2, -0.15) is 5.10 Å². The Balaban J connectivity index is 1.28. The van der Waals surface area contributed by atoms with Gasteiger partial charge in [0.2, 0.25) is 0 Å². The van der Waals surface area contributed by atoms with Crippen LogP contribution in [0.5, 0.6) is 0 Å². The normalized spacial score (nSPS) is 20.0. The van der Waals surface area contributed by atoms with Crippen molar-refractivity contribution in [2.75, 3.05) is 6.54 Å². The highest BCUT2D eigenvalue weighted by molar-refractivity contribution is 6.28. The Morgan fingerprint density at radius 1 is 1.13 bits per heavy atom. The van der Waals surface area contributed by atoms with E-state index < -0.39 is 0 Å². The van der Waals surface area contributed by atoms with Crippen LogP contribution in [0.25, 0.3) is 6.08 Å². The van der Waals surface area contributed by atoms with Crippen molar-refractivity contribution in [2.45, 2.75) is 57.9 Å². The molecule has 2 fully saturated rings. The van der Waals surface area contributed by atoms with Crippen molar-refractivity contribution in [3.63, 3.8) is 0 Å². The third-order valence-electron chi connectivity index (χ3n) is 6.38. The molecule has 1 aromatic carbocycles. The first-order valence-corrected chi connectivity index (χ1v) is 11.3. The molecular formula is C25H30N4O. The first-order valence-electron chi connectivity index (χ1n) is 11.3. The fourth-order valence-electron chi connectivity index (χ4n) is 4.50. The monoisotopic (exact) mass is 402 g/mol. The van der Waals surface area contributed by atoms with Crippen LogP contribution in [0, 0.1) is 12.8 Å². The van der Waals surface area contributed by atoms with Gasteiger partial charge in [0.15, 0.2) is 0 Å². The summed E-state index contributed by atoms with van der Waals surface area (Å²) in [4.78, 5) is 16.0. The number of nitrogens with zero attached hydrogens (tertiary/aromatic N) is 1. The lowest BCUT2D eigenvalue weighted by Gasteiger charge is -2.08. The molecule has 2 aromatic rings. The summed E-state index contributed by atoms with van der Waals surface area (Å²) in [6.45, 7) is 4.09. The molecule has 0 radical (unpaired) electrons. The Morgan fingerprint density at radius 2 is 1.90 bits per heavy atom. The summed E-state index contributed by atoms with van der Waals surface area (Å²) < 4.78 is 0. The highest BCUT2D eigenvalue weighted by atomic mass is 16.2. The summed E-state index contributed by atoms with van der Waals surface area (Å²) in [7, 11) is 0. The smallest absolute Gasteiger partial charge is 0.273 e. The van der Waals surface area contributed by atoms with E-state index in [1.807, 2.05) is 0 Å². The van der Waals surface area contributed by atoms with Gasteiger partial charge >= 0.3 is 0 Å². The number of aromatic amines is 1. The highest BCUT2D eigenvalue weighted by Crippen LogP contribution is 2.45. The molecule has 1 amide bonds. The second-order valence-corrected chi connectivity index (χ2v) is 8.87. The molecule has 3 aliphatic rings. The molecule has 5 nitrogen and oxygen atoms in total. The van der Waals surface area contributed by atoms with E-state index in [1.54, 1.807) is 0 Å². The quantitative estimate of drug-likeness (QED) is 0.435. The number of carbonyl (C=O) groups is 1. The minimum Gasteiger partial charge on any atom is -0.359 e. The van der Waals surface area contributed by atoms with Crippen LogP contribution >= 0.6 is 0 Å². The average Bonchev–Trinajstić information content (AvgIpc) is 3.68. The second-order valence-electron chi connectivity index (χ2n) is 8.87. The zero-order valence-corrected chi connectivity index (χ0v) is 17.6. The van der Waals surface area contributed by atoms with Gasteiger partial charge in [-0.25, -0.2) is 5.43 Å². The lowest BCUT2D eigenvalue weighted by atomic mass is 9.98. The fraction of sp³-hybridized carbons (Fsp3) is 0.440. The fourth-order valence-corrected chi connectivity index (χ4v) is 4.50. The third kappa shape index (κ3) is 4.12. The number of rotatable bonds is 9. The summed E-state index contributed by atoms with van der Waals surface area (Å²) in [5.41, 5.74) is 11.0. The number of aromatic nitrogens is 1. The van der Waals surface area contributed by atoms with Crippen molar-refractivity contribution in [1.82, 2.24) is 15.7 Å². The zero-order chi connectivity index (χ0) is 20.5. The molecule has 2 heterocycles. The number of hydrogen-bond acceptors (Lipinski definition) is 3. The number of H-pyrrole nitrogens is 1. The largest absolute Gasteiger partial charge is 0.359 e. The predicted molar refractivity (Wildman–Crippen MR) is 120 cm³/mol. The van der Waals surface area contributed by atoms with Crippen molar-refractivity contribution in [2.24, 2.45) is 11.0 Å².